The predicted molar refractivity (Wildman–Crippen MR) is 143 cm³/mol. The minimum absolute atomic E-state index is 0.0832. The van der Waals surface area contributed by atoms with Gasteiger partial charge in [-0.05, 0) is 60.2 Å². The van der Waals surface area contributed by atoms with Crippen LogP contribution in [0.3, 0.4) is 0 Å². The standard InChI is InChI=1S/C31H31FN2O3/c1-20-8-7-11-26(21(20)2)33-30(35)23-16-14-22(15-17-23)18-29-31(36)34(19-24-9-3-4-10-25(24)32)27-12-5-6-13-28(27)37-29/h3-6,9-10,12-18,20-21,26H,7-8,11,19H2,1-2H3,(H,33,35)/b29-18-/t20-,21+,26+/m1/s1. The number of nitrogens with one attached hydrogen (secondary N) is 1. The Morgan fingerprint density at radius 3 is 2.54 bits per heavy atom. The van der Waals surface area contributed by atoms with Gasteiger partial charge >= 0.3 is 0 Å². The maximum Gasteiger partial charge on any atom is 0.294 e. The van der Waals surface area contributed by atoms with E-state index in [4.69, 9.17) is 4.74 Å². The summed E-state index contributed by atoms with van der Waals surface area (Å²) < 4.78 is 20.3. The summed E-state index contributed by atoms with van der Waals surface area (Å²) in [5.41, 5.74) is 2.31. The lowest BCUT2D eigenvalue weighted by atomic mass is 9.78. The number of rotatable bonds is 5. The zero-order valence-electron chi connectivity index (χ0n) is 21.1. The highest BCUT2D eigenvalue weighted by atomic mass is 19.1. The van der Waals surface area contributed by atoms with Gasteiger partial charge in [-0.2, -0.15) is 0 Å². The van der Waals surface area contributed by atoms with Crippen LogP contribution in [0.2, 0.25) is 0 Å². The van der Waals surface area contributed by atoms with Gasteiger partial charge in [0.05, 0.1) is 12.2 Å². The first-order chi connectivity index (χ1) is 17.9. The Hall–Kier alpha value is -3.93. The number of carbonyl (C=O) groups excluding carboxylic acids is 2. The summed E-state index contributed by atoms with van der Waals surface area (Å²) in [6, 6.07) is 20.9. The summed E-state index contributed by atoms with van der Waals surface area (Å²) in [6.07, 6.45) is 5.00. The van der Waals surface area contributed by atoms with Gasteiger partial charge in [-0.15, -0.1) is 0 Å². The number of benzene rings is 3. The van der Waals surface area contributed by atoms with Gasteiger partial charge < -0.3 is 10.1 Å². The van der Waals surface area contributed by atoms with Crippen molar-refractivity contribution in [3.05, 3.63) is 101 Å². The summed E-state index contributed by atoms with van der Waals surface area (Å²) in [7, 11) is 0. The summed E-state index contributed by atoms with van der Waals surface area (Å²) in [6.45, 7) is 4.54. The van der Waals surface area contributed by atoms with Gasteiger partial charge in [0.25, 0.3) is 11.8 Å². The van der Waals surface area contributed by atoms with Gasteiger partial charge in [0, 0.05) is 17.2 Å². The van der Waals surface area contributed by atoms with Crippen LogP contribution in [-0.2, 0) is 11.3 Å². The smallest absolute Gasteiger partial charge is 0.294 e. The summed E-state index contributed by atoms with van der Waals surface area (Å²) in [4.78, 5) is 27.8. The van der Waals surface area contributed by atoms with Crippen LogP contribution in [0.5, 0.6) is 5.75 Å². The monoisotopic (exact) mass is 498 g/mol. The van der Waals surface area contributed by atoms with Crippen molar-refractivity contribution in [2.45, 2.75) is 45.7 Å². The normalized spacial score (nSPS) is 22.4. The quantitative estimate of drug-likeness (QED) is 0.417. The highest BCUT2D eigenvalue weighted by Gasteiger charge is 2.31. The van der Waals surface area contributed by atoms with Crippen molar-refractivity contribution in [1.29, 1.82) is 0 Å². The number of hydrogen-bond donors (Lipinski definition) is 1. The number of fused-ring (bicyclic) bond motifs is 1. The number of halogens is 1. The minimum Gasteiger partial charge on any atom is -0.449 e. The highest BCUT2D eigenvalue weighted by Crippen LogP contribution is 2.37. The number of anilines is 1. The Bertz CT molecular complexity index is 1330. The lowest BCUT2D eigenvalue weighted by molar-refractivity contribution is -0.117. The van der Waals surface area contributed by atoms with E-state index in [0.29, 0.717) is 34.4 Å². The molecule has 37 heavy (non-hydrogen) atoms. The number of ether oxygens (including phenoxy) is 1. The molecule has 3 aromatic carbocycles. The Morgan fingerprint density at radius 2 is 1.76 bits per heavy atom. The maximum absolute atomic E-state index is 14.4. The topological polar surface area (TPSA) is 58.6 Å². The number of para-hydroxylation sites is 2. The second-order valence-corrected chi connectivity index (χ2v) is 10.0. The largest absolute Gasteiger partial charge is 0.449 e. The average molecular weight is 499 g/mol. The molecule has 3 atom stereocenters. The third-order valence-corrected chi connectivity index (χ3v) is 7.61. The van der Waals surface area contributed by atoms with Crippen molar-refractivity contribution in [3.63, 3.8) is 0 Å². The van der Waals surface area contributed by atoms with E-state index in [0.717, 1.165) is 18.4 Å². The number of nitrogens with zero attached hydrogens (tertiary/aromatic N) is 1. The fraction of sp³-hybridized carbons (Fsp3) is 0.290. The molecule has 0 spiro atoms. The van der Waals surface area contributed by atoms with Gasteiger partial charge in [-0.1, -0.05) is 69.2 Å². The predicted octanol–water partition coefficient (Wildman–Crippen LogP) is 6.35. The van der Waals surface area contributed by atoms with Gasteiger partial charge in [-0.25, -0.2) is 4.39 Å². The van der Waals surface area contributed by atoms with Gasteiger partial charge in [0.1, 0.15) is 5.82 Å². The Balaban J connectivity index is 1.35. The van der Waals surface area contributed by atoms with E-state index in [9.17, 15) is 14.0 Å². The highest BCUT2D eigenvalue weighted by molar-refractivity contribution is 6.09. The van der Waals surface area contributed by atoms with Crippen LogP contribution in [0, 0.1) is 17.7 Å². The van der Waals surface area contributed by atoms with Crippen LogP contribution in [0.15, 0.2) is 78.6 Å². The summed E-state index contributed by atoms with van der Waals surface area (Å²) >= 11 is 0. The zero-order chi connectivity index (χ0) is 25.9. The first-order valence-corrected chi connectivity index (χ1v) is 12.9. The van der Waals surface area contributed by atoms with Crippen LogP contribution in [0.4, 0.5) is 10.1 Å². The van der Waals surface area contributed by atoms with Crippen LogP contribution < -0.4 is 15.0 Å². The molecule has 6 heteroatoms. The SMILES string of the molecule is C[C@H]1[C@H](C)CCC[C@@H]1NC(=O)c1ccc(/C=C2\Oc3ccccc3N(Cc3ccccc3F)C2=O)cc1. The lowest BCUT2D eigenvalue weighted by Gasteiger charge is -2.34. The molecule has 0 aromatic heterocycles. The van der Waals surface area contributed by atoms with Crippen molar-refractivity contribution in [2.75, 3.05) is 4.90 Å². The molecule has 0 radical (unpaired) electrons. The molecular weight excluding hydrogens is 467 g/mol. The third kappa shape index (κ3) is 5.29. The van der Waals surface area contributed by atoms with E-state index in [1.807, 2.05) is 12.1 Å². The average Bonchev–Trinajstić information content (AvgIpc) is 2.90. The molecule has 0 saturated heterocycles. The molecule has 0 bridgehead atoms. The van der Waals surface area contributed by atoms with Gasteiger partial charge in [0.15, 0.2) is 11.5 Å². The zero-order valence-corrected chi connectivity index (χ0v) is 21.1. The minimum atomic E-state index is -0.365. The molecule has 2 aliphatic rings. The fourth-order valence-electron chi connectivity index (χ4n) is 5.14. The van der Waals surface area contributed by atoms with Crippen LogP contribution in [0.1, 0.15) is 54.6 Å². The number of carbonyl (C=O) groups is 2. The molecule has 5 rings (SSSR count). The fourth-order valence-corrected chi connectivity index (χ4v) is 5.14. The van der Waals surface area contributed by atoms with Crippen LogP contribution in [0.25, 0.3) is 6.08 Å². The van der Waals surface area contributed by atoms with E-state index >= 15 is 0 Å². The van der Waals surface area contributed by atoms with E-state index < -0.39 is 0 Å². The second-order valence-electron chi connectivity index (χ2n) is 10.0. The molecule has 190 valence electrons. The van der Waals surface area contributed by atoms with Crippen molar-refractivity contribution in [1.82, 2.24) is 5.32 Å². The van der Waals surface area contributed by atoms with E-state index in [2.05, 4.69) is 19.2 Å². The molecule has 1 N–H and O–H groups in total. The van der Waals surface area contributed by atoms with Gasteiger partial charge in [0.2, 0.25) is 0 Å². The Labute approximate surface area is 217 Å². The van der Waals surface area contributed by atoms with Crippen molar-refractivity contribution < 1.29 is 18.7 Å². The molecule has 2 amide bonds. The van der Waals surface area contributed by atoms with E-state index in [-0.39, 0.29) is 36.0 Å². The van der Waals surface area contributed by atoms with Crippen molar-refractivity contribution in [2.24, 2.45) is 11.8 Å². The lowest BCUT2D eigenvalue weighted by Crippen LogP contribution is -2.43. The number of hydrogen-bond acceptors (Lipinski definition) is 3. The Kier molecular flexibility index (Phi) is 7.08. The Morgan fingerprint density at radius 1 is 1.03 bits per heavy atom. The molecule has 1 fully saturated rings. The van der Waals surface area contributed by atoms with Crippen LogP contribution >= 0.6 is 0 Å². The van der Waals surface area contributed by atoms with Crippen LogP contribution in [-0.4, -0.2) is 17.9 Å². The van der Waals surface area contributed by atoms with Crippen molar-refractivity contribution >= 4 is 23.6 Å². The first kappa shape index (κ1) is 24.8. The van der Waals surface area contributed by atoms with Crippen molar-refractivity contribution in [3.8, 4) is 5.75 Å². The molecule has 5 nitrogen and oxygen atoms in total. The molecule has 3 aromatic rings. The third-order valence-electron chi connectivity index (χ3n) is 7.61. The van der Waals surface area contributed by atoms with Gasteiger partial charge in [-0.3, -0.25) is 14.5 Å². The summed E-state index contributed by atoms with van der Waals surface area (Å²) in [5.74, 6) is 0.907. The molecular formula is C31H31FN2O3. The molecule has 1 aliphatic heterocycles. The number of amides is 2. The molecule has 0 unspecified atom stereocenters. The first-order valence-electron chi connectivity index (χ1n) is 12.9. The molecule has 1 saturated carbocycles. The second kappa shape index (κ2) is 10.6. The molecule has 1 heterocycles. The molecule has 1 aliphatic carbocycles. The van der Waals surface area contributed by atoms with E-state index in [1.54, 1.807) is 60.7 Å². The maximum atomic E-state index is 14.4. The summed E-state index contributed by atoms with van der Waals surface area (Å²) in [5, 5.41) is 3.20. The van der Waals surface area contributed by atoms with E-state index in [1.165, 1.54) is 17.4 Å².